The van der Waals surface area contributed by atoms with E-state index >= 15 is 0 Å². The molecule has 0 aliphatic carbocycles. The molecule has 0 saturated carbocycles. The van der Waals surface area contributed by atoms with Crippen LogP contribution >= 0.6 is 0 Å². The highest BCUT2D eigenvalue weighted by Crippen LogP contribution is 2.39. The standard InChI is InChI=1S/C34H27F6N5O2/c1-2-28-30(20-7-4-3-5-8-20)32(34(38,39)40)44-45(28)18-29(46)43-27(15-19-13-22(35)17-23(36)14-19)31-24(9-6-12-42-31)21-10-11-26(37)25(16-21)33(41)47/h3-14,16-17,27H,2,15,18H2,1H3,(H2,41,47)(H,43,46)/t27-/m0/s1. The Kier molecular flexibility index (Phi) is 9.45. The minimum atomic E-state index is -4.82. The number of nitrogens with two attached hydrogens (primary N) is 1. The third-order valence-corrected chi connectivity index (χ3v) is 7.43. The third-order valence-electron chi connectivity index (χ3n) is 7.43. The Hall–Kier alpha value is -5.46. The van der Waals surface area contributed by atoms with E-state index in [9.17, 15) is 35.9 Å². The van der Waals surface area contributed by atoms with Crippen LogP contribution in [0, 0.1) is 17.5 Å². The molecule has 3 N–H and O–H groups in total. The molecule has 5 rings (SSSR count). The molecule has 2 amide bonds. The van der Waals surface area contributed by atoms with Crippen molar-refractivity contribution in [3.8, 4) is 22.3 Å². The summed E-state index contributed by atoms with van der Waals surface area (Å²) in [5.74, 6) is -4.38. The summed E-state index contributed by atoms with van der Waals surface area (Å²) in [6.07, 6.45) is -3.50. The molecule has 0 saturated heterocycles. The highest BCUT2D eigenvalue weighted by atomic mass is 19.4. The molecule has 0 bridgehead atoms. The predicted molar refractivity (Wildman–Crippen MR) is 161 cm³/mol. The fraction of sp³-hybridized carbons (Fsp3) is 0.176. The normalized spacial score (nSPS) is 12.1. The van der Waals surface area contributed by atoms with Gasteiger partial charge in [-0.3, -0.25) is 19.3 Å². The zero-order valence-corrected chi connectivity index (χ0v) is 24.8. The van der Waals surface area contributed by atoms with Gasteiger partial charge in [0.05, 0.1) is 17.3 Å². The zero-order valence-electron chi connectivity index (χ0n) is 24.8. The number of halogens is 6. The largest absolute Gasteiger partial charge is 0.435 e. The average Bonchev–Trinajstić information content (AvgIpc) is 3.39. The van der Waals surface area contributed by atoms with Crippen LogP contribution in [0.15, 0.2) is 85.1 Å². The maximum absolute atomic E-state index is 14.3. The van der Waals surface area contributed by atoms with Crippen LogP contribution in [0.1, 0.15) is 46.0 Å². The van der Waals surface area contributed by atoms with Crippen molar-refractivity contribution in [1.82, 2.24) is 20.1 Å². The van der Waals surface area contributed by atoms with Crippen LogP contribution < -0.4 is 11.1 Å². The van der Waals surface area contributed by atoms with Crippen LogP contribution in [-0.2, 0) is 30.4 Å². The maximum Gasteiger partial charge on any atom is 0.435 e. The lowest BCUT2D eigenvalue weighted by molar-refractivity contribution is -0.141. The van der Waals surface area contributed by atoms with Gasteiger partial charge in [0.1, 0.15) is 24.0 Å². The molecule has 0 aliphatic heterocycles. The van der Waals surface area contributed by atoms with Gasteiger partial charge in [0.2, 0.25) is 5.91 Å². The van der Waals surface area contributed by atoms with E-state index in [1.807, 2.05) is 0 Å². The minimum Gasteiger partial charge on any atom is -0.366 e. The minimum absolute atomic E-state index is 0.115. The summed E-state index contributed by atoms with van der Waals surface area (Å²) in [4.78, 5) is 29.8. The lowest BCUT2D eigenvalue weighted by Gasteiger charge is -2.22. The van der Waals surface area contributed by atoms with Crippen molar-refractivity contribution in [2.24, 2.45) is 5.73 Å². The number of carbonyl (C=O) groups excluding carboxylic acids is 2. The highest BCUT2D eigenvalue weighted by Gasteiger charge is 2.39. The Morgan fingerprint density at radius 1 is 0.915 bits per heavy atom. The average molecular weight is 652 g/mol. The van der Waals surface area contributed by atoms with Gasteiger partial charge in [-0.15, -0.1) is 0 Å². The van der Waals surface area contributed by atoms with Crippen molar-refractivity contribution in [3.63, 3.8) is 0 Å². The Balaban J connectivity index is 1.56. The second-order valence-corrected chi connectivity index (χ2v) is 10.6. The van der Waals surface area contributed by atoms with E-state index in [0.29, 0.717) is 17.2 Å². The van der Waals surface area contributed by atoms with Crippen molar-refractivity contribution < 1.29 is 35.9 Å². The number of hydrogen-bond donors (Lipinski definition) is 2. The highest BCUT2D eigenvalue weighted by molar-refractivity contribution is 5.94. The predicted octanol–water partition coefficient (Wildman–Crippen LogP) is 6.81. The summed E-state index contributed by atoms with van der Waals surface area (Å²) in [5.41, 5.74) is 5.03. The maximum atomic E-state index is 14.3. The molecule has 7 nitrogen and oxygen atoms in total. The lowest BCUT2D eigenvalue weighted by atomic mass is 9.94. The molecule has 3 aromatic carbocycles. The number of nitrogens with zero attached hydrogens (tertiary/aromatic N) is 3. The summed E-state index contributed by atoms with van der Waals surface area (Å²) in [6, 6.07) is 16.3. The molecular formula is C34H27F6N5O2. The van der Waals surface area contributed by atoms with Gasteiger partial charge in [-0.2, -0.15) is 18.3 Å². The van der Waals surface area contributed by atoms with Crippen molar-refractivity contribution in [3.05, 3.63) is 131 Å². The Morgan fingerprint density at radius 3 is 2.26 bits per heavy atom. The first-order valence-electron chi connectivity index (χ1n) is 14.4. The molecule has 0 aliphatic rings. The first kappa shape index (κ1) is 32.9. The van der Waals surface area contributed by atoms with Gasteiger partial charge in [-0.05, 0) is 59.9 Å². The number of hydrogen-bond acceptors (Lipinski definition) is 4. The van der Waals surface area contributed by atoms with E-state index in [4.69, 9.17) is 5.73 Å². The van der Waals surface area contributed by atoms with Gasteiger partial charge in [0.15, 0.2) is 5.69 Å². The second kappa shape index (κ2) is 13.5. The monoisotopic (exact) mass is 651 g/mol. The summed E-state index contributed by atoms with van der Waals surface area (Å²) < 4.78 is 86.1. The van der Waals surface area contributed by atoms with Crippen LogP contribution in [0.25, 0.3) is 22.3 Å². The third kappa shape index (κ3) is 7.35. The summed E-state index contributed by atoms with van der Waals surface area (Å²) >= 11 is 0. The van der Waals surface area contributed by atoms with Gasteiger partial charge in [0, 0.05) is 29.1 Å². The van der Waals surface area contributed by atoms with Crippen LogP contribution in [0.2, 0.25) is 0 Å². The van der Waals surface area contributed by atoms with Crippen molar-refractivity contribution in [2.75, 3.05) is 0 Å². The van der Waals surface area contributed by atoms with Crippen LogP contribution in [0.3, 0.4) is 0 Å². The summed E-state index contributed by atoms with van der Waals surface area (Å²) in [7, 11) is 0. The quantitative estimate of drug-likeness (QED) is 0.162. The van der Waals surface area contributed by atoms with E-state index in [2.05, 4.69) is 15.4 Å². The van der Waals surface area contributed by atoms with E-state index in [0.717, 1.165) is 22.9 Å². The number of pyridine rings is 1. The van der Waals surface area contributed by atoms with Gasteiger partial charge in [-0.25, -0.2) is 13.2 Å². The number of amides is 2. The first-order chi connectivity index (χ1) is 22.3. The topological polar surface area (TPSA) is 103 Å². The molecule has 2 heterocycles. The Bertz CT molecular complexity index is 1920. The van der Waals surface area contributed by atoms with Crippen molar-refractivity contribution in [2.45, 2.75) is 38.5 Å². The Labute approximate surface area is 265 Å². The molecule has 2 aromatic heterocycles. The molecule has 0 spiro atoms. The molecule has 1 atom stereocenters. The van der Waals surface area contributed by atoms with E-state index < -0.39 is 59.3 Å². The van der Waals surface area contributed by atoms with E-state index in [1.165, 1.54) is 30.5 Å². The molecular weight excluding hydrogens is 624 g/mol. The molecule has 0 fully saturated rings. The fourth-order valence-corrected chi connectivity index (χ4v) is 5.47. The summed E-state index contributed by atoms with van der Waals surface area (Å²) in [5, 5.41) is 6.52. The summed E-state index contributed by atoms with van der Waals surface area (Å²) in [6.45, 7) is 1.01. The van der Waals surface area contributed by atoms with Gasteiger partial charge in [-0.1, -0.05) is 49.4 Å². The van der Waals surface area contributed by atoms with Crippen LogP contribution in [0.5, 0.6) is 0 Å². The number of rotatable bonds is 10. The molecule has 13 heteroatoms. The van der Waals surface area contributed by atoms with Gasteiger partial charge < -0.3 is 11.1 Å². The van der Waals surface area contributed by atoms with Gasteiger partial charge in [0.25, 0.3) is 5.91 Å². The number of alkyl halides is 3. The number of benzene rings is 3. The fourth-order valence-electron chi connectivity index (χ4n) is 5.47. The molecule has 47 heavy (non-hydrogen) atoms. The van der Waals surface area contributed by atoms with Crippen molar-refractivity contribution >= 4 is 11.8 Å². The second-order valence-electron chi connectivity index (χ2n) is 10.6. The SMILES string of the molecule is CCc1c(-c2ccccc2)c(C(F)(F)F)nn1CC(=O)N[C@@H](Cc1cc(F)cc(F)c1)c1ncccc1-c1ccc(F)c(C(N)=O)c1. The number of primary amides is 1. The molecule has 5 aromatic rings. The van der Waals surface area contributed by atoms with Crippen LogP contribution in [0.4, 0.5) is 26.3 Å². The lowest BCUT2D eigenvalue weighted by Crippen LogP contribution is -2.34. The van der Waals surface area contributed by atoms with Gasteiger partial charge >= 0.3 is 6.18 Å². The molecule has 0 radical (unpaired) electrons. The van der Waals surface area contributed by atoms with Crippen molar-refractivity contribution in [1.29, 1.82) is 0 Å². The number of carbonyl (C=O) groups is 2. The van der Waals surface area contributed by atoms with E-state index in [1.54, 1.807) is 37.3 Å². The smallest absolute Gasteiger partial charge is 0.366 e. The molecule has 0 unspecified atom stereocenters. The Morgan fingerprint density at radius 2 is 1.62 bits per heavy atom. The van der Waals surface area contributed by atoms with Crippen LogP contribution in [-0.4, -0.2) is 26.6 Å². The number of aromatic nitrogens is 3. The number of nitrogens with one attached hydrogen (secondary N) is 1. The zero-order chi connectivity index (χ0) is 33.9. The van der Waals surface area contributed by atoms with E-state index in [-0.39, 0.29) is 40.9 Å². The molecule has 242 valence electrons. The first-order valence-corrected chi connectivity index (χ1v) is 14.4.